The second kappa shape index (κ2) is 5.56. The summed E-state index contributed by atoms with van der Waals surface area (Å²) < 4.78 is 31.5. The first kappa shape index (κ1) is 13.8. The number of anilines is 1. The summed E-state index contributed by atoms with van der Waals surface area (Å²) in [5.41, 5.74) is 0.0341. The maximum atomic E-state index is 13.5. The van der Waals surface area contributed by atoms with Crippen LogP contribution in [0.4, 0.5) is 14.5 Å². The summed E-state index contributed by atoms with van der Waals surface area (Å²) in [5.74, 6) is -2.31. The highest BCUT2D eigenvalue weighted by atomic mass is 19.1. The van der Waals surface area contributed by atoms with Gasteiger partial charge in [-0.1, -0.05) is 0 Å². The van der Waals surface area contributed by atoms with Crippen molar-refractivity contribution in [3.05, 3.63) is 53.6 Å². The average molecular weight is 279 g/mol. The van der Waals surface area contributed by atoms with Crippen molar-refractivity contribution in [3.63, 3.8) is 0 Å². The number of nitrogens with one attached hydrogen (secondary N) is 1. The SMILES string of the molecule is COc1cc(C(=O)Nc2ccc(O)cc2F)ccc1F. The molecule has 4 nitrogen and oxygen atoms in total. The molecule has 2 aromatic carbocycles. The highest BCUT2D eigenvalue weighted by Gasteiger charge is 2.12. The van der Waals surface area contributed by atoms with Gasteiger partial charge >= 0.3 is 0 Å². The number of amides is 1. The van der Waals surface area contributed by atoms with E-state index in [0.29, 0.717) is 0 Å². The molecule has 2 rings (SSSR count). The fourth-order valence-corrected chi connectivity index (χ4v) is 1.60. The van der Waals surface area contributed by atoms with Crippen molar-refractivity contribution in [2.24, 2.45) is 0 Å². The molecule has 0 aliphatic heterocycles. The highest BCUT2D eigenvalue weighted by molar-refractivity contribution is 6.04. The number of rotatable bonds is 3. The van der Waals surface area contributed by atoms with Crippen molar-refractivity contribution in [2.45, 2.75) is 0 Å². The van der Waals surface area contributed by atoms with Crippen LogP contribution in [0.5, 0.6) is 11.5 Å². The maximum absolute atomic E-state index is 13.5. The van der Waals surface area contributed by atoms with E-state index in [-0.39, 0.29) is 22.7 Å². The number of hydrogen-bond acceptors (Lipinski definition) is 3. The summed E-state index contributed by atoms with van der Waals surface area (Å²) >= 11 is 0. The molecule has 0 saturated carbocycles. The van der Waals surface area contributed by atoms with Crippen LogP contribution in [-0.4, -0.2) is 18.1 Å². The predicted molar refractivity (Wildman–Crippen MR) is 69.0 cm³/mol. The number of halogens is 2. The molecule has 0 unspecified atom stereocenters. The van der Waals surface area contributed by atoms with Gasteiger partial charge in [0.1, 0.15) is 11.6 Å². The summed E-state index contributed by atoms with van der Waals surface area (Å²) in [7, 11) is 1.28. The van der Waals surface area contributed by atoms with E-state index in [1.165, 1.54) is 31.4 Å². The van der Waals surface area contributed by atoms with Gasteiger partial charge < -0.3 is 15.2 Å². The Morgan fingerprint density at radius 3 is 2.55 bits per heavy atom. The standard InChI is InChI=1S/C14H11F2NO3/c1-20-13-6-8(2-4-10(13)15)14(19)17-12-5-3-9(18)7-11(12)16/h2-7,18H,1H3,(H,17,19). The van der Waals surface area contributed by atoms with Gasteiger partial charge in [0.15, 0.2) is 11.6 Å². The zero-order chi connectivity index (χ0) is 14.7. The number of benzene rings is 2. The third kappa shape index (κ3) is 2.85. The van der Waals surface area contributed by atoms with Crippen molar-refractivity contribution in [1.29, 1.82) is 0 Å². The lowest BCUT2D eigenvalue weighted by Gasteiger charge is -2.08. The van der Waals surface area contributed by atoms with Gasteiger partial charge in [0.2, 0.25) is 0 Å². The largest absolute Gasteiger partial charge is 0.508 e. The number of aromatic hydroxyl groups is 1. The minimum Gasteiger partial charge on any atom is -0.508 e. The monoisotopic (exact) mass is 279 g/mol. The van der Waals surface area contributed by atoms with Crippen LogP contribution in [0.1, 0.15) is 10.4 Å². The number of phenolic OH excluding ortho intramolecular Hbond substituents is 1. The molecule has 2 N–H and O–H groups in total. The van der Waals surface area contributed by atoms with Crippen molar-refractivity contribution in [3.8, 4) is 11.5 Å². The number of ether oxygens (including phenoxy) is 1. The molecule has 0 spiro atoms. The lowest BCUT2D eigenvalue weighted by Crippen LogP contribution is -2.13. The lowest BCUT2D eigenvalue weighted by molar-refractivity contribution is 0.102. The van der Waals surface area contributed by atoms with E-state index in [1.54, 1.807) is 0 Å². The Balaban J connectivity index is 2.24. The Morgan fingerprint density at radius 1 is 1.15 bits per heavy atom. The van der Waals surface area contributed by atoms with E-state index in [0.717, 1.165) is 12.1 Å². The van der Waals surface area contributed by atoms with Crippen LogP contribution in [0.2, 0.25) is 0 Å². The molecule has 0 saturated heterocycles. The molecular weight excluding hydrogens is 268 g/mol. The van der Waals surface area contributed by atoms with Gasteiger partial charge in [0.05, 0.1) is 12.8 Å². The number of carbonyl (C=O) groups is 1. The van der Waals surface area contributed by atoms with Gasteiger partial charge in [0, 0.05) is 11.6 Å². The molecule has 0 heterocycles. The van der Waals surface area contributed by atoms with Crippen molar-refractivity contribution < 1.29 is 23.4 Å². The molecule has 2 aromatic rings. The van der Waals surface area contributed by atoms with Crippen molar-refractivity contribution >= 4 is 11.6 Å². The number of hydrogen-bond donors (Lipinski definition) is 2. The zero-order valence-electron chi connectivity index (χ0n) is 10.5. The van der Waals surface area contributed by atoms with Gasteiger partial charge in [-0.3, -0.25) is 4.79 Å². The van der Waals surface area contributed by atoms with Crippen LogP contribution >= 0.6 is 0 Å². The normalized spacial score (nSPS) is 10.2. The first-order chi connectivity index (χ1) is 9.51. The van der Waals surface area contributed by atoms with Crippen LogP contribution < -0.4 is 10.1 Å². The molecule has 104 valence electrons. The van der Waals surface area contributed by atoms with Crippen LogP contribution in [-0.2, 0) is 0 Å². The topological polar surface area (TPSA) is 58.6 Å². The molecular formula is C14H11F2NO3. The fourth-order valence-electron chi connectivity index (χ4n) is 1.60. The first-order valence-electron chi connectivity index (χ1n) is 5.64. The van der Waals surface area contributed by atoms with E-state index < -0.39 is 17.5 Å². The third-order valence-corrected chi connectivity index (χ3v) is 2.61. The van der Waals surface area contributed by atoms with E-state index in [2.05, 4.69) is 5.32 Å². The summed E-state index contributed by atoms with van der Waals surface area (Å²) in [6.07, 6.45) is 0. The second-order valence-corrected chi connectivity index (χ2v) is 3.97. The number of methoxy groups -OCH3 is 1. The van der Waals surface area contributed by atoms with Gasteiger partial charge in [-0.15, -0.1) is 0 Å². The van der Waals surface area contributed by atoms with Crippen LogP contribution in [0.15, 0.2) is 36.4 Å². The Morgan fingerprint density at radius 2 is 1.90 bits per heavy atom. The molecule has 0 atom stereocenters. The van der Waals surface area contributed by atoms with Crippen LogP contribution in [0.3, 0.4) is 0 Å². The minimum atomic E-state index is -0.771. The van der Waals surface area contributed by atoms with E-state index in [9.17, 15) is 13.6 Å². The Bertz CT molecular complexity index is 659. The molecule has 0 aromatic heterocycles. The predicted octanol–water partition coefficient (Wildman–Crippen LogP) is 2.93. The van der Waals surface area contributed by atoms with E-state index in [1.807, 2.05) is 0 Å². The maximum Gasteiger partial charge on any atom is 0.255 e. The number of phenols is 1. The number of carbonyl (C=O) groups excluding carboxylic acids is 1. The quantitative estimate of drug-likeness (QED) is 0.849. The fraction of sp³-hybridized carbons (Fsp3) is 0.0714. The summed E-state index contributed by atoms with van der Waals surface area (Å²) in [5, 5.41) is 11.4. The smallest absolute Gasteiger partial charge is 0.255 e. The molecule has 0 bridgehead atoms. The van der Waals surface area contributed by atoms with Crippen molar-refractivity contribution in [1.82, 2.24) is 0 Å². The molecule has 1 amide bonds. The van der Waals surface area contributed by atoms with Gasteiger partial charge in [-0.2, -0.15) is 0 Å². The van der Waals surface area contributed by atoms with Gasteiger partial charge in [-0.25, -0.2) is 8.78 Å². The molecule has 0 fully saturated rings. The van der Waals surface area contributed by atoms with Crippen LogP contribution in [0, 0.1) is 11.6 Å². The average Bonchev–Trinajstić information content (AvgIpc) is 2.42. The Kier molecular flexibility index (Phi) is 3.84. The van der Waals surface area contributed by atoms with Crippen molar-refractivity contribution in [2.75, 3.05) is 12.4 Å². The van der Waals surface area contributed by atoms with E-state index in [4.69, 9.17) is 9.84 Å². The van der Waals surface area contributed by atoms with Crippen LogP contribution in [0.25, 0.3) is 0 Å². The van der Waals surface area contributed by atoms with E-state index >= 15 is 0 Å². The minimum absolute atomic E-state index is 0.0798. The summed E-state index contributed by atoms with van der Waals surface area (Å²) in [6.45, 7) is 0. The zero-order valence-corrected chi connectivity index (χ0v) is 10.5. The van der Waals surface area contributed by atoms with Gasteiger partial charge in [-0.05, 0) is 30.3 Å². The molecule has 20 heavy (non-hydrogen) atoms. The molecule has 0 aliphatic carbocycles. The lowest BCUT2D eigenvalue weighted by atomic mass is 10.2. The molecule has 0 aliphatic rings. The Labute approximate surface area is 113 Å². The molecule has 0 radical (unpaired) electrons. The molecule has 6 heteroatoms. The second-order valence-electron chi connectivity index (χ2n) is 3.97. The highest BCUT2D eigenvalue weighted by Crippen LogP contribution is 2.22. The Hall–Kier alpha value is -2.63. The third-order valence-electron chi connectivity index (χ3n) is 2.61. The first-order valence-corrected chi connectivity index (χ1v) is 5.64. The van der Waals surface area contributed by atoms with Gasteiger partial charge in [0.25, 0.3) is 5.91 Å². The summed E-state index contributed by atoms with van der Waals surface area (Å²) in [6, 6.07) is 6.89. The summed E-state index contributed by atoms with van der Waals surface area (Å²) in [4.78, 5) is 11.9.